The molecule has 0 amide bonds. The van der Waals surface area contributed by atoms with Crippen LogP contribution in [0, 0.1) is 0 Å². The van der Waals surface area contributed by atoms with Crippen molar-refractivity contribution in [1.29, 1.82) is 0 Å². The van der Waals surface area contributed by atoms with E-state index in [4.69, 9.17) is 23.8 Å². The largest absolute Gasteiger partial charge is 0.460 e. The Morgan fingerprint density at radius 1 is 0.604 bits per heavy atom. The molecule has 0 bridgehead atoms. The summed E-state index contributed by atoms with van der Waals surface area (Å²) in [5, 5.41) is 2.24. The van der Waals surface area contributed by atoms with E-state index in [-0.39, 0.29) is 5.92 Å². The molecule has 4 aromatic carbocycles. The predicted molar refractivity (Wildman–Crippen MR) is 191 cm³/mol. The Morgan fingerprint density at radius 3 is 2.19 bits per heavy atom. The third-order valence-electron chi connectivity index (χ3n) is 10.0. The van der Waals surface area contributed by atoms with Gasteiger partial charge in [-0.3, -0.25) is 0 Å². The minimum Gasteiger partial charge on any atom is -0.460 e. The molecule has 1 atom stereocenters. The van der Waals surface area contributed by atoms with E-state index in [0.717, 1.165) is 82.4 Å². The number of aromatic nitrogens is 3. The van der Waals surface area contributed by atoms with Gasteiger partial charge >= 0.3 is 0 Å². The zero-order valence-electron chi connectivity index (χ0n) is 26.3. The van der Waals surface area contributed by atoms with E-state index in [1.807, 2.05) is 30.3 Å². The summed E-state index contributed by atoms with van der Waals surface area (Å²) in [6.07, 6.45) is 13.9. The summed E-state index contributed by atoms with van der Waals surface area (Å²) in [7, 11) is 0. The highest BCUT2D eigenvalue weighted by molar-refractivity contribution is 6.00. The summed E-state index contributed by atoms with van der Waals surface area (Å²) in [5.41, 5.74) is 10.9. The topological polar surface area (TPSA) is 65.0 Å². The summed E-state index contributed by atoms with van der Waals surface area (Å²) in [5.74, 6) is 4.05. The molecule has 0 saturated carbocycles. The van der Waals surface area contributed by atoms with Crippen molar-refractivity contribution >= 4 is 39.2 Å². The van der Waals surface area contributed by atoms with Crippen LogP contribution in [0.5, 0.6) is 0 Å². The fraction of sp³-hybridized carbons (Fsp3) is 0.140. The Morgan fingerprint density at radius 2 is 1.33 bits per heavy atom. The van der Waals surface area contributed by atoms with Crippen molar-refractivity contribution in [1.82, 2.24) is 15.0 Å². The van der Waals surface area contributed by atoms with Gasteiger partial charge in [-0.1, -0.05) is 103 Å². The molecule has 0 fully saturated rings. The maximum atomic E-state index is 6.81. The zero-order chi connectivity index (χ0) is 31.6. The number of para-hydroxylation sites is 2. The number of hydrogen-bond acceptors (Lipinski definition) is 5. The van der Waals surface area contributed by atoms with Gasteiger partial charge in [0.1, 0.15) is 22.7 Å². The molecule has 1 unspecified atom stereocenters. The molecule has 0 radical (unpaired) electrons. The van der Waals surface area contributed by atoms with Crippen molar-refractivity contribution in [2.45, 2.75) is 38.0 Å². The van der Waals surface area contributed by atoms with Gasteiger partial charge in [-0.05, 0) is 60.6 Å². The Kier molecular flexibility index (Phi) is 6.19. The third-order valence-corrected chi connectivity index (χ3v) is 10.0. The van der Waals surface area contributed by atoms with Gasteiger partial charge in [-0.2, -0.15) is 0 Å². The molecular weight excluding hydrogens is 590 g/mol. The first-order valence-corrected chi connectivity index (χ1v) is 16.8. The number of benzene rings is 4. The van der Waals surface area contributed by atoms with Crippen molar-refractivity contribution in [3.8, 4) is 22.8 Å². The molecule has 0 N–H and O–H groups in total. The standard InChI is InChI=1S/C43H31N3O2/c1-2-12-27(13-3-1)41-44-42(29-22-21-26-11-4-5-14-28(26)25-29)46-43(45-41)34-24-23-31(40-39(34)33-16-7-9-19-36(33)48-40)30-17-10-20-37-38(30)32-15-6-8-18-35(32)47-37/h1-3,5-9,12-19,21-22,24-25,31H,4,10-11,20,23H2. The lowest BCUT2D eigenvalue weighted by molar-refractivity contribution is 0.519. The van der Waals surface area contributed by atoms with Crippen molar-refractivity contribution in [2.75, 3.05) is 0 Å². The van der Waals surface area contributed by atoms with Gasteiger partial charge in [0.15, 0.2) is 17.5 Å². The maximum absolute atomic E-state index is 6.81. The highest BCUT2D eigenvalue weighted by Gasteiger charge is 2.35. The molecule has 3 heterocycles. The number of hydrogen-bond donors (Lipinski definition) is 0. The summed E-state index contributed by atoms with van der Waals surface area (Å²) in [6.45, 7) is 0. The molecule has 7 aromatic rings. The summed E-state index contributed by atoms with van der Waals surface area (Å²) < 4.78 is 13.2. The van der Waals surface area contributed by atoms with E-state index in [1.165, 1.54) is 27.6 Å². The quantitative estimate of drug-likeness (QED) is 0.196. The summed E-state index contributed by atoms with van der Waals surface area (Å²) in [6, 6.07) is 33.5. The Hall–Kier alpha value is -5.81. The molecular formula is C43H31N3O2. The molecule has 10 rings (SSSR count). The highest BCUT2D eigenvalue weighted by atomic mass is 16.3. The lowest BCUT2D eigenvalue weighted by atomic mass is 9.77. The third kappa shape index (κ3) is 4.34. The van der Waals surface area contributed by atoms with Crippen LogP contribution in [0.15, 0.2) is 124 Å². The average molecular weight is 622 g/mol. The van der Waals surface area contributed by atoms with E-state index in [9.17, 15) is 0 Å². The number of allylic oxidation sites excluding steroid dienone is 4. The molecule has 0 aliphatic heterocycles. The summed E-state index contributed by atoms with van der Waals surface area (Å²) in [4.78, 5) is 15.4. The Labute approximate surface area is 278 Å². The molecule has 3 aromatic heterocycles. The van der Waals surface area contributed by atoms with E-state index in [0.29, 0.717) is 17.5 Å². The second-order valence-corrected chi connectivity index (χ2v) is 12.9. The second kappa shape index (κ2) is 10.9. The summed E-state index contributed by atoms with van der Waals surface area (Å²) >= 11 is 0. The zero-order valence-corrected chi connectivity index (χ0v) is 26.3. The minimum absolute atomic E-state index is 0.0403. The molecule has 3 aliphatic carbocycles. The fourth-order valence-corrected chi connectivity index (χ4v) is 7.78. The molecule has 5 heteroatoms. The highest BCUT2D eigenvalue weighted by Crippen LogP contribution is 2.51. The smallest absolute Gasteiger partial charge is 0.164 e. The van der Waals surface area contributed by atoms with Crippen LogP contribution in [0.2, 0.25) is 0 Å². The normalized spacial score (nSPS) is 16.7. The maximum Gasteiger partial charge on any atom is 0.164 e. The van der Waals surface area contributed by atoms with E-state index < -0.39 is 0 Å². The van der Waals surface area contributed by atoms with Crippen molar-refractivity contribution in [3.63, 3.8) is 0 Å². The number of aryl methyl sites for hydroxylation is 2. The lowest BCUT2D eigenvalue weighted by Crippen LogP contribution is -2.12. The van der Waals surface area contributed by atoms with E-state index >= 15 is 0 Å². The number of nitrogens with zero attached hydrogens (tertiary/aromatic N) is 3. The van der Waals surface area contributed by atoms with Gasteiger partial charge < -0.3 is 8.83 Å². The van der Waals surface area contributed by atoms with Crippen LogP contribution in [-0.4, -0.2) is 15.0 Å². The van der Waals surface area contributed by atoms with Crippen molar-refractivity contribution < 1.29 is 8.83 Å². The number of furan rings is 2. The van der Waals surface area contributed by atoms with Crippen molar-refractivity contribution in [3.05, 3.63) is 155 Å². The van der Waals surface area contributed by atoms with Gasteiger partial charge in [0.25, 0.3) is 0 Å². The van der Waals surface area contributed by atoms with Crippen LogP contribution >= 0.6 is 0 Å². The molecule has 0 saturated heterocycles. The fourth-order valence-electron chi connectivity index (χ4n) is 7.78. The van der Waals surface area contributed by atoms with Crippen LogP contribution in [-0.2, 0) is 12.8 Å². The van der Waals surface area contributed by atoms with Crippen LogP contribution in [0.1, 0.15) is 64.8 Å². The van der Waals surface area contributed by atoms with E-state index in [1.54, 1.807) is 0 Å². The van der Waals surface area contributed by atoms with Gasteiger partial charge in [0, 0.05) is 50.9 Å². The average Bonchev–Trinajstić information content (AvgIpc) is 3.74. The molecule has 5 nitrogen and oxygen atoms in total. The van der Waals surface area contributed by atoms with Crippen molar-refractivity contribution in [2.24, 2.45) is 0 Å². The van der Waals surface area contributed by atoms with Gasteiger partial charge in [0.05, 0.1) is 0 Å². The molecule has 230 valence electrons. The number of rotatable bonds is 4. The second-order valence-electron chi connectivity index (χ2n) is 12.9. The lowest BCUT2D eigenvalue weighted by Gasteiger charge is -2.26. The number of fused-ring (bicyclic) bond motifs is 7. The predicted octanol–water partition coefficient (Wildman–Crippen LogP) is 10.6. The Bertz CT molecular complexity index is 2500. The first-order valence-electron chi connectivity index (χ1n) is 16.8. The van der Waals surface area contributed by atoms with Crippen LogP contribution in [0.25, 0.3) is 61.9 Å². The monoisotopic (exact) mass is 621 g/mol. The minimum atomic E-state index is 0.0403. The molecule has 3 aliphatic rings. The van der Waals surface area contributed by atoms with Gasteiger partial charge in [-0.25, -0.2) is 15.0 Å². The van der Waals surface area contributed by atoms with Gasteiger partial charge in [0.2, 0.25) is 0 Å². The first-order chi connectivity index (χ1) is 23.8. The molecule has 48 heavy (non-hydrogen) atoms. The Balaban J connectivity index is 1.16. The van der Waals surface area contributed by atoms with Crippen LogP contribution in [0.4, 0.5) is 0 Å². The first kappa shape index (κ1) is 27.3. The van der Waals surface area contributed by atoms with Crippen LogP contribution < -0.4 is 0 Å². The van der Waals surface area contributed by atoms with Gasteiger partial charge in [-0.15, -0.1) is 0 Å². The molecule has 0 spiro atoms. The SMILES string of the molecule is C1=Cc2cc(-c3nc(C4=CCC(C5=CCCc6oc7ccccc7c65)c5oc6ccccc6c54)nc(-c4ccccc4)n3)ccc2CC1. The van der Waals surface area contributed by atoms with E-state index in [2.05, 4.69) is 91.0 Å². The van der Waals surface area contributed by atoms with Crippen LogP contribution in [0.3, 0.4) is 0 Å².